The lowest BCUT2D eigenvalue weighted by Gasteiger charge is -2.59. The van der Waals surface area contributed by atoms with Crippen molar-refractivity contribution in [1.82, 2.24) is 0 Å². The Morgan fingerprint density at radius 1 is 1.11 bits per heavy atom. The smallest absolute Gasteiger partial charge is 0.193 e. The molecular formula is C37H42O8. The molecule has 8 nitrogen and oxygen atoms in total. The summed E-state index contributed by atoms with van der Waals surface area (Å²) in [6.45, 7) is 3.41. The third-order valence-electron chi connectivity index (χ3n) is 11.9. The molecule has 2 aromatic carbocycles. The van der Waals surface area contributed by atoms with Gasteiger partial charge >= 0.3 is 0 Å². The summed E-state index contributed by atoms with van der Waals surface area (Å²) in [7, 11) is 1.59. The Morgan fingerprint density at radius 3 is 2.67 bits per heavy atom. The van der Waals surface area contributed by atoms with Crippen molar-refractivity contribution in [3.63, 3.8) is 0 Å². The van der Waals surface area contributed by atoms with Gasteiger partial charge in [0.2, 0.25) is 0 Å². The third kappa shape index (κ3) is 4.44. The van der Waals surface area contributed by atoms with E-state index in [9.17, 15) is 24.9 Å². The molecule has 9 atom stereocenters. The van der Waals surface area contributed by atoms with Gasteiger partial charge in [0.1, 0.15) is 12.4 Å². The molecule has 0 radical (unpaired) electrons. The fourth-order valence-electron chi connectivity index (χ4n) is 9.95. The van der Waals surface area contributed by atoms with E-state index in [1.165, 1.54) is 0 Å². The van der Waals surface area contributed by atoms with Crippen LogP contribution in [0.1, 0.15) is 68.1 Å². The van der Waals surface area contributed by atoms with E-state index in [1.807, 2.05) is 55.5 Å². The summed E-state index contributed by atoms with van der Waals surface area (Å²) in [6, 6.07) is 13.7. The van der Waals surface area contributed by atoms with Crippen LogP contribution in [0.25, 0.3) is 0 Å². The number of ether oxygens (including phenoxy) is 3. The first kappa shape index (κ1) is 30.5. The van der Waals surface area contributed by atoms with Crippen molar-refractivity contribution in [3.05, 3.63) is 88.5 Å². The summed E-state index contributed by atoms with van der Waals surface area (Å²) in [5.74, 6) is 0.296. The van der Waals surface area contributed by atoms with Gasteiger partial charge in [0.05, 0.1) is 25.9 Å². The zero-order valence-corrected chi connectivity index (χ0v) is 26.1. The molecule has 4 aliphatic carbocycles. The number of fused-ring (bicyclic) bond motifs is 7. The van der Waals surface area contributed by atoms with Gasteiger partial charge in [-0.3, -0.25) is 9.59 Å². The maximum atomic E-state index is 13.8. The van der Waals surface area contributed by atoms with Gasteiger partial charge in [-0.05, 0) is 73.3 Å². The maximum absolute atomic E-state index is 13.8. The lowest BCUT2D eigenvalue weighted by molar-refractivity contribution is -0.201. The molecular weight excluding hydrogens is 572 g/mol. The number of allylic oxidation sites excluding steroid dienone is 4. The monoisotopic (exact) mass is 614 g/mol. The Labute approximate surface area is 263 Å². The van der Waals surface area contributed by atoms with Crippen molar-refractivity contribution in [2.75, 3.05) is 13.7 Å². The van der Waals surface area contributed by atoms with Crippen LogP contribution in [0, 0.1) is 28.6 Å². The minimum atomic E-state index is -1.39. The molecule has 45 heavy (non-hydrogen) atoms. The largest absolute Gasteiger partial charge is 0.496 e. The van der Waals surface area contributed by atoms with Crippen LogP contribution in [0.2, 0.25) is 0 Å². The highest BCUT2D eigenvalue weighted by molar-refractivity contribution is 6.01. The standard InChI is InChI=1S/C37H42O8/c1-35-12-11-26(40)16-25(35)9-10-27-28-17-32-37(31(42)20-39,36(28,2)18-29(41)33(27)35)45-34(44-32)23-6-4-5-21(14-23)13-22-7-8-24(19-38)30(15-22)43-3/h4-8,11-12,14-16,27-29,32-34,38-39,41H,9-10,13,17-20H2,1-3H3/t27-,28-,29-,32+,33+,34+,35-,36-,37+/m0/s1. The van der Waals surface area contributed by atoms with Gasteiger partial charge < -0.3 is 29.5 Å². The molecule has 4 fully saturated rings. The van der Waals surface area contributed by atoms with Crippen molar-refractivity contribution >= 4 is 11.6 Å². The Bertz CT molecular complexity index is 1590. The van der Waals surface area contributed by atoms with Crippen LogP contribution >= 0.6 is 0 Å². The SMILES string of the molecule is COc1cc(Cc2cccc([C@@H]3O[C@@H]4C[C@H]5[C@@H]6CCC7=CC(=O)C=C[C@]7(C)[C@H]6[C@@H](O)C[C@]5(C)[C@]4(C(=O)CO)O3)c2)ccc1CO. The minimum absolute atomic E-state index is 0.00445. The molecule has 0 amide bonds. The van der Waals surface area contributed by atoms with Crippen LogP contribution in [0.3, 0.4) is 0 Å². The summed E-state index contributed by atoms with van der Waals surface area (Å²) in [6.07, 6.45) is 6.41. The number of hydrogen-bond donors (Lipinski definition) is 3. The molecule has 3 saturated carbocycles. The lowest BCUT2D eigenvalue weighted by Crippen LogP contribution is -2.63. The number of ketones is 2. The quantitative estimate of drug-likeness (QED) is 0.420. The van der Waals surface area contributed by atoms with E-state index in [0.717, 1.165) is 40.7 Å². The Morgan fingerprint density at radius 2 is 1.91 bits per heavy atom. The maximum Gasteiger partial charge on any atom is 0.193 e. The van der Waals surface area contributed by atoms with Gasteiger partial charge in [0.15, 0.2) is 23.5 Å². The number of hydrogen-bond acceptors (Lipinski definition) is 8. The third-order valence-corrected chi connectivity index (χ3v) is 11.9. The summed E-state index contributed by atoms with van der Waals surface area (Å²) >= 11 is 0. The second-order valence-electron chi connectivity index (χ2n) is 14.1. The van der Waals surface area contributed by atoms with Gasteiger partial charge in [0.25, 0.3) is 0 Å². The van der Waals surface area contributed by atoms with Gasteiger partial charge in [-0.25, -0.2) is 0 Å². The topological polar surface area (TPSA) is 123 Å². The number of carbonyl (C=O) groups is 2. The number of aliphatic hydroxyl groups is 3. The number of aliphatic hydroxyl groups excluding tert-OH is 3. The number of rotatable bonds is 7. The van der Waals surface area contributed by atoms with Crippen LogP contribution < -0.4 is 4.74 Å². The van der Waals surface area contributed by atoms with Crippen molar-refractivity contribution < 1.29 is 39.1 Å². The Balaban J connectivity index is 1.18. The van der Waals surface area contributed by atoms with Gasteiger partial charge in [-0.2, -0.15) is 0 Å². The van der Waals surface area contributed by atoms with Crippen LogP contribution in [-0.2, 0) is 32.1 Å². The zero-order chi connectivity index (χ0) is 31.7. The van der Waals surface area contributed by atoms with E-state index in [4.69, 9.17) is 14.2 Å². The number of carbonyl (C=O) groups excluding carboxylic acids is 2. The number of Topliss-reactive ketones (excluding diaryl/α,β-unsaturated/α-hetero) is 1. The molecule has 238 valence electrons. The highest BCUT2D eigenvalue weighted by atomic mass is 16.7. The molecule has 8 heteroatoms. The average molecular weight is 615 g/mol. The minimum Gasteiger partial charge on any atom is -0.496 e. The normalized spacial score (nSPS) is 38.2. The van der Waals surface area contributed by atoms with Crippen LogP contribution in [0.15, 0.2) is 66.3 Å². The van der Waals surface area contributed by atoms with Gasteiger partial charge in [-0.15, -0.1) is 0 Å². The summed E-state index contributed by atoms with van der Waals surface area (Å²) < 4.78 is 18.8. The molecule has 0 bridgehead atoms. The molecule has 0 spiro atoms. The first-order valence-electron chi connectivity index (χ1n) is 16.0. The first-order chi connectivity index (χ1) is 21.6. The highest BCUT2D eigenvalue weighted by Gasteiger charge is 2.75. The Hall–Kier alpha value is -3.14. The van der Waals surface area contributed by atoms with E-state index in [2.05, 4.69) is 6.92 Å². The lowest BCUT2D eigenvalue weighted by atomic mass is 9.46. The van der Waals surface area contributed by atoms with E-state index >= 15 is 0 Å². The zero-order valence-electron chi connectivity index (χ0n) is 26.1. The summed E-state index contributed by atoms with van der Waals surface area (Å²) in [5, 5.41) is 31.7. The molecule has 3 N–H and O–H groups in total. The number of methoxy groups -OCH3 is 1. The molecule has 5 aliphatic rings. The molecule has 2 aromatic rings. The molecule has 1 saturated heterocycles. The molecule has 0 unspecified atom stereocenters. The van der Waals surface area contributed by atoms with Crippen molar-refractivity contribution in [2.24, 2.45) is 28.6 Å². The highest BCUT2D eigenvalue weighted by Crippen LogP contribution is 2.70. The molecule has 1 aliphatic heterocycles. The van der Waals surface area contributed by atoms with Crippen LogP contribution in [0.5, 0.6) is 5.75 Å². The predicted octanol–water partition coefficient (Wildman–Crippen LogP) is 4.38. The Kier molecular flexibility index (Phi) is 7.45. The number of benzene rings is 2. The predicted molar refractivity (Wildman–Crippen MR) is 165 cm³/mol. The fourth-order valence-corrected chi connectivity index (χ4v) is 9.95. The van der Waals surface area contributed by atoms with Crippen LogP contribution in [0.4, 0.5) is 0 Å². The second-order valence-corrected chi connectivity index (χ2v) is 14.1. The van der Waals surface area contributed by atoms with E-state index in [1.54, 1.807) is 19.3 Å². The molecule has 1 heterocycles. The summed E-state index contributed by atoms with van der Waals surface area (Å²) in [4.78, 5) is 26.0. The van der Waals surface area contributed by atoms with Crippen molar-refractivity contribution in [1.29, 1.82) is 0 Å². The molecule has 0 aromatic heterocycles. The van der Waals surface area contributed by atoms with Crippen LogP contribution in [-0.4, -0.2) is 58.4 Å². The fraction of sp³-hybridized carbons (Fsp3) is 0.514. The molecule has 7 rings (SSSR count). The van der Waals surface area contributed by atoms with E-state index in [-0.39, 0.29) is 30.1 Å². The van der Waals surface area contributed by atoms with E-state index in [0.29, 0.717) is 25.0 Å². The second kappa shape index (κ2) is 11.0. The van der Waals surface area contributed by atoms with Crippen molar-refractivity contribution in [3.8, 4) is 5.75 Å². The first-order valence-corrected chi connectivity index (χ1v) is 16.0. The van der Waals surface area contributed by atoms with Crippen molar-refractivity contribution in [2.45, 2.75) is 76.7 Å². The van der Waals surface area contributed by atoms with Gasteiger partial charge in [-0.1, -0.05) is 61.9 Å². The van der Waals surface area contributed by atoms with Gasteiger partial charge in [0, 0.05) is 27.9 Å². The summed E-state index contributed by atoms with van der Waals surface area (Å²) in [5.41, 5.74) is 2.08. The average Bonchev–Trinajstić information content (AvgIpc) is 3.54. The van der Waals surface area contributed by atoms with E-state index < -0.39 is 47.3 Å².